The summed E-state index contributed by atoms with van der Waals surface area (Å²) in [6.45, 7) is 0. The molecule has 2 atom stereocenters. The first-order valence-corrected chi connectivity index (χ1v) is 7.30. The maximum absolute atomic E-state index is 12.3. The summed E-state index contributed by atoms with van der Waals surface area (Å²) >= 11 is 0. The lowest BCUT2D eigenvalue weighted by molar-refractivity contribution is -0.274. The molecule has 124 valence electrons. The Hall–Kier alpha value is -1.47. The molecule has 1 aromatic carbocycles. The molecule has 0 heterocycles. The van der Waals surface area contributed by atoms with Crippen LogP contribution in [0, 0.1) is 5.92 Å². The fraction of sp³-hybridized carbons (Fsp3) is 0.600. The van der Waals surface area contributed by atoms with E-state index in [2.05, 4.69) is 4.74 Å². The van der Waals surface area contributed by atoms with Gasteiger partial charge in [0.25, 0.3) is 0 Å². The van der Waals surface area contributed by atoms with Crippen LogP contribution in [0.5, 0.6) is 11.5 Å². The Balaban J connectivity index is 2.16. The Bertz CT molecular complexity index is 501. The highest BCUT2D eigenvalue weighted by molar-refractivity contribution is 5.41. The van der Waals surface area contributed by atoms with Crippen LogP contribution in [0.2, 0.25) is 0 Å². The maximum atomic E-state index is 12.3. The largest absolute Gasteiger partial charge is 0.573 e. The molecule has 0 aromatic heterocycles. The molecule has 1 aromatic rings. The monoisotopic (exact) mass is 319 g/mol. The van der Waals surface area contributed by atoms with Gasteiger partial charge in [0.05, 0.1) is 12.1 Å². The van der Waals surface area contributed by atoms with E-state index in [9.17, 15) is 23.4 Å². The zero-order chi connectivity index (χ0) is 16.3. The van der Waals surface area contributed by atoms with Crippen LogP contribution in [0.1, 0.15) is 43.7 Å². The van der Waals surface area contributed by atoms with Crippen molar-refractivity contribution in [2.45, 2.75) is 50.6 Å². The molecule has 0 radical (unpaired) electrons. The summed E-state index contributed by atoms with van der Waals surface area (Å²) in [6.07, 6.45) is -0.968. The fourth-order valence-electron chi connectivity index (χ4n) is 2.95. The van der Waals surface area contributed by atoms with Gasteiger partial charge in [0, 0.05) is 5.56 Å². The van der Waals surface area contributed by atoms with Crippen LogP contribution < -0.4 is 10.5 Å². The zero-order valence-corrected chi connectivity index (χ0v) is 12.0. The van der Waals surface area contributed by atoms with Crippen molar-refractivity contribution >= 4 is 0 Å². The van der Waals surface area contributed by atoms with Crippen LogP contribution in [0.4, 0.5) is 13.2 Å². The molecular weight excluding hydrogens is 299 g/mol. The summed E-state index contributed by atoms with van der Waals surface area (Å²) in [4.78, 5) is 0. The number of phenolic OH excluding ortho intramolecular Hbond substituents is 1. The number of aliphatic hydroxyl groups is 1. The third kappa shape index (κ3) is 4.27. The minimum absolute atomic E-state index is 0.00431. The molecule has 0 unspecified atom stereocenters. The Morgan fingerprint density at radius 1 is 1.18 bits per heavy atom. The lowest BCUT2D eigenvalue weighted by Gasteiger charge is -2.31. The third-order valence-electron chi connectivity index (χ3n) is 4.09. The lowest BCUT2D eigenvalue weighted by atomic mass is 9.81. The molecule has 7 heteroatoms. The second-order valence-electron chi connectivity index (χ2n) is 5.68. The first-order chi connectivity index (χ1) is 10.3. The van der Waals surface area contributed by atoms with Gasteiger partial charge in [-0.1, -0.05) is 19.3 Å². The van der Waals surface area contributed by atoms with E-state index in [0.29, 0.717) is 0 Å². The van der Waals surface area contributed by atoms with Gasteiger partial charge in [-0.15, -0.1) is 13.2 Å². The van der Waals surface area contributed by atoms with Crippen molar-refractivity contribution < 1.29 is 28.1 Å². The van der Waals surface area contributed by atoms with Gasteiger partial charge < -0.3 is 20.7 Å². The smallest absolute Gasteiger partial charge is 0.508 e. The van der Waals surface area contributed by atoms with Crippen molar-refractivity contribution in [2.75, 3.05) is 0 Å². The topological polar surface area (TPSA) is 75.7 Å². The predicted octanol–water partition coefficient (Wildman–Crippen LogP) is 3.23. The molecule has 2 rings (SSSR count). The normalized spacial score (nSPS) is 19.7. The van der Waals surface area contributed by atoms with E-state index in [0.717, 1.165) is 50.3 Å². The highest BCUT2D eigenvalue weighted by atomic mass is 19.4. The number of aliphatic hydroxyl groups excluding tert-OH is 1. The second-order valence-corrected chi connectivity index (χ2v) is 5.68. The molecule has 4 nitrogen and oxygen atoms in total. The second kappa shape index (κ2) is 6.75. The molecule has 1 saturated carbocycles. The number of alkyl halides is 3. The van der Waals surface area contributed by atoms with E-state index in [1.807, 2.05) is 0 Å². The zero-order valence-electron chi connectivity index (χ0n) is 12.0. The van der Waals surface area contributed by atoms with Gasteiger partial charge in [-0.3, -0.25) is 0 Å². The van der Waals surface area contributed by atoms with E-state index < -0.39 is 24.3 Å². The van der Waals surface area contributed by atoms with Gasteiger partial charge in [0.2, 0.25) is 0 Å². The number of phenols is 1. The molecule has 0 bridgehead atoms. The fourth-order valence-corrected chi connectivity index (χ4v) is 2.95. The van der Waals surface area contributed by atoms with Crippen molar-refractivity contribution in [1.29, 1.82) is 0 Å². The Morgan fingerprint density at radius 3 is 2.41 bits per heavy atom. The number of hydrogen-bond donors (Lipinski definition) is 3. The number of benzene rings is 1. The molecule has 1 fully saturated rings. The molecule has 1 aliphatic rings. The quantitative estimate of drug-likeness (QED) is 0.796. The minimum Gasteiger partial charge on any atom is -0.508 e. The van der Waals surface area contributed by atoms with Crippen molar-refractivity contribution in [3.8, 4) is 11.5 Å². The first-order valence-electron chi connectivity index (χ1n) is 7.30. The van der Waals surface area contributed by atoms with Crippen molar-refractivity contribution in [3.63, 3.8) is 0 Å². The van der Waals surface area contributed by atoms with Crippen LogP contribution in [-0.2, 0) is 0 Å². The average molecular weight is 319 g/mol. The Morgan fingerprint density at radius 2 is 1.82 bits per heavy atom. The number of halogens is 3. The average Bonchev–Trinajstić information content (AvgIpc) is 2.47. The predicted molar refractivity (Wildman–Crippen MR) is 74.3 cm³/mol. The van der Waals surface area contributed by atoms with E-state index in [1.165, 1.54) is 0 Å². The van der Waals surface area contributed by atoms with Crippen LogP contribution >= 0.6 is 0 Å². The molecule has 0 saturated heterocycles. The summed E-state index contributed by atoms with van der Waals surface area (Å²) in [7, 11) is 0. The van der Waals surface area contributed by atoms with E-state index >= 15 is 0 Å². The van der Waals surface area contributed by atoms with E-state index in [-0.39, 0.29) is 17.2 Å². The highest BCUT2D eigenvalue weighted by Gasteiger charge is 2.33. The van der Waals surface area contributed by atoms with Crippen molar-refractivity contribution in [1.82, 2.24) is 0 Å². The van der Waals surface area contributed by atoms with Gasteiger partial charge in [-0.05, 0) is 37.0 Å². The number of ether oxygens (including phenoxy) is 1. The van der Waals surface area contributed by atoms with Crippen LogP contribution in [-0.4, -0.2) is 22.7 Å². The van der Waals surface area contributed by atoms with Gasteiger partial charge in [-0.2, -0.15) is 0 Å². The van der Waals surface area contributed by atoms with Crippen LogP contribution in [0.3, 0.4) is 0 Å². The summed E-state index contributed by atoms with van der Waals surface area (Å²) in [5.41, 5.74) is 6.01. The van der Waals surface area contributed by atoms with E-state index in [4.69, 9.17) is 5.73 Å². The van der Waals surface area contributed by atoms with Gasteiger partial charge in [0.15, 0.2) is 0 Å². The van der Waals surface area contributed by atoms with Crippen LogP contribution in [0.15, 0.2) is 18.2 Å². The standard InChI is InChI=1S/C15H20F3NO3/c16-15(17,18)22-10-6-7-12(20)11(8-10)13(19)14(21)9-4-2-1-3-5-9/h6-9,13-14,20-21H,1-5,19H2/t13-,14+/m0/s1. The van der Waals surface area contributed by atoms with Crippen molar-refractivity contribution in [2.24, 2.45) is 11.7 Å². The number of hydrogen-bond acceptors (Lipinski definition) is 4. The summed E-state index contributed by atoms with van der Waals surface area (Å²) in [6, 6.07) is 2.16. The SMILES string of the molecule is N[C@@H](c1cc(OC(F)(F)F)ccc1O)[C@H](O)C1CCCCC1. The number of aromatic hydroxyl groups is 1. The minimum atomic E-state index is -4.82. The third-order valence-corrected chi connectivity index (χ3v) is 4.09. The summed E-state index contributed by atoms with van der Waals surface area (Å²) in [5.74, 6) is -0.723. The molecule has 0 aliphatic heterocycles. The molecule has 0 spiro atoms. The van der Waals surface area contributed by atoms with Gasteiger partial charge >= 0.3 is 6.36 Å². The van der Waals surface area contributed by atoms with Crippen molar-refractivity contribution in [3.05, 3.63) is 23.8 Å². The molecule has 1 aliphatic carbocycles. The van der Waals surface area contributed by atoms with E-state index in [1.54, 1.807) is 0 Å². The summed E-state index contributed by atoms with van der Waals surface area (Å²) in [5, 5.41) is 20.2. The maximum Gasteiger partial charge on any atom is 0.573 e. The summed E-state index contributed by atoms with van der Waals surface area (Å²) < 4.78 is 40.6. The first kappa shape index (κ1) is 16.9. The Labute approximate surface area is 126 Å². The molecular formula is C15H20F3NO3. The number of nitrogens with two attached hydrogens (primary N) is 1. The molecule has 0 amide bonds. The van der Waals surface area contributed by atoms with Gasteiger partial charge in [0.1, 0.15) is 11.5 Å². The lowest BCUT2D eigenvalue weighted by Crippen LogP contribution is -2.34. The Kier molecular flexibility index (Phi) is 5.18. The number of rotatable bonds is 4. The van der Waals surface area contributed by atoms with Gasteiger partial charge in [-0.25, -0.2) is 0 Å². The molecule has 22 heavy (non-hydrogen) atoms. The highest BCUT2D eigenvalue weighted by Crippen LogP contribution is 2.36. The molecule has 4 N–H and O–H groups in total. The van der Waals surface area contributed by atoms with Crippen LogP contribution in [0.25, 0.3) is 0 Å².